The molecule has 0 bridgehead atoms. The Hall–Kier alpha value is -2.47. The number of piperazine rings is 1. The van der Waals surface area contributed by atoms with Crippen LogP contribution in [0.1, 0.15) is 30.9 Å². The predicted molar refractivity (Wildman–Crippen MR) is 120 cm³/mol. The Morgan fingerprint density at radius 2 is 1.42 bits per heavy atom. The number of amides is 2. The molecule has 1 aliphatic heterocycles. The summed E-state index contributed by atoms with van der Waals surface area (Å²) in [5.74, 6) is -0.0243. The molecule has 0 saturated carbocycles. The molecular formula is C25H33F2N3O. The SMILES string of the molecule is CCNC(=O)N1CCN(CCCC(Cc2ccc(F)cc2)Cc2ccc(F)cc2)CC1. The first-order valence-electron chi connectivity index (χ1n) is 11.3. The van der Waals surface area contributed by atoms with Crippen molar-refractivity contribution in [3.63, 3.8) is 0 Å². The maximum Gasteiger partial charge on any atom is 0.317 e. The number of benzene rings is 2. The van der Waals surface area contributed by atoms with E-state index in [0.717, 1.165) is 69.5 Å². The first kappa shape index (κ1) is 23.2. The molecule has 4 nitrogen and oxygen atoms in total. The van der Waals surface area contributed by atoms with Crippen LogP contribution in [0.4, 0.5) is 13.6 Å². The summed E-state index contributed by atoms with van der Waals surface area (Å²) in [6.45, 7) is 6.92. The lowest BCUT2D eigenvalue weighted by molar-refractivity contribution is 0.137. The van der Waals surface area contributed by atoms with E-state index in [1.54, 1.807) is 0 Å². The maximum absolute atomic E-state index is 13.3. The molecule has 0 aromatic heterocycles. The molecule has 3 rings (SSSR count). The zero-order valence-corrected chi connectivity index (χ0v) is 18.3. The van der Waals surface area contributed by atoms with Gasteiger partial charge in [-0.2, -0.15) is 0 Å². The Morgan fingerprint density at radius 1 is 0.903 bits per heavy atom. The second kappa shape index (κ2) is 11.8. The van der Waals surface area contributed by atoms with Gasteiger partial charge in [-0.15, -0.1) is 0 Å². The molecular weight excluding hydrogens is 396 g/mol. The van der Waals surface area contributed by atoms with Gasteiger partial charge in [0.15, 0.2) is 0 Å². The lowest BCUT2D eigenvalue weighted by atomic mass is 9.89. The van der Waals surface area contributed by atoms with E-state index in [4.69, 9.17) is 0 Å². The molecule has 1 saturated heterocycles. The summed E-state index contributed by atoms with van der Waals surface area (Å²) in [5.41, 5.74) is 2.26. The number of nitrogens with one attached hydrogen (secondary N) is 1. The standard InChI is InChI=1S/C25H33F2N3O/c1-2-28-25(31)30-16-14-29(15-17-30)13-3-4-22(18-20-5-9-23(26)10-6-20)19-21-7-11-24(27)12-8-21/h5-12,22H,2-4,13-19H2,1H3,(H,28,31). The lowest BCUT2D eigenvalue weighted by Crippen LogP contribution is -2.51. The molecule has 2 amide bonds. The van der Waals surface area contributed by atoms with Gasteiger partial charge in [0.2, 0.25) is 0 Å². The lowest BCUT2D eigenvalue weighted by Gasteiger charge is -2.34. The molecule has 1 aliphatic rings. The predicted octanol–water partition coefficient (Wildman–Crippen LogP) is 4.49. The first-order chi connectivity index (χ1) is 15.0. The number of carbonyl (C=O) groups excluding carboxylic acids is 1. The summed E-state index contributed by atoms with van der Waals surface area (Å²) in [6, 6.07) is 13.5. The Morgan fingerprint density at radius 3 is 1.90 bits per heavy atom. The fourth-order valence-corrected chi connectivity index (χ4v) is 4.23. The number of urea groups is 1. The largest absolute Gasteiger partial charge is 0.338 e. The van der Waals surface area contributed by atoms with Gasteiger partial charge in [-0.1, -0.05) is 24.3 Å². The molecule has 0 aliphatic carbocycles. The van der Waals surface area contributed by atoms with Crippen LogP contribution in [-0.2, 0) is 12.8 Å². The molecule has 2 aromatic rings. The third-order valence-electron chi connectivity index (χ3n) is 5.95. The van der Waals surface area contributed by atoms with Crippen LogP contribution in [0.2, 0.25) is 0 Å². The van der Waals surface area contributed by atoms with E-state index < -0.39 is 0 Å². The van der Waals surface area contributed by atoms with Gasteiger partial charge < -0.3 is 10.2 Å². The van der Waals surface area contributed by atoms with Gasteiger partial charge in [0.25, 0.3) is 0 Å². The fraction of sp³-hybridized carbons (Fsp3) is 0.480. The Balaban J connectivity index is 1.50. The van der Waals surface area contributed by atoms with Crippen LogP contribution in [0.15, 0.2) is 48.5 Å². The number of carbonyl (C=O) groups is 1. The van der Waals surface area contributed by atoms with Gasteiger partial charge in [0.05, 0.1) is 0 Å². The van der Waals surface area contributed by atoms with Crippen molar-refractivity contribution in [1.29, 1.82) is 0 Å². The summed E-state index contributed by atoms with van der Waals surface area (Å²) in [5, 5.41) is 2.86. The van der Waals surface area contributed by atoms with E-state index in [-0.39, 0.29) is 17.7 Å². The number of hydrogen-bond donors (Lipinski definition) is 1. The molecule has 0 spiro atoms. The van der Waals surface area contributed by atoms with Crippen molar-refractivity contribution < 1.29 is 13.6 Å². The highest BCUT2D eigenvalue weighted by atomic mass is 19.1. The minimum atomic E-state index is -0.217. The molecule has 1 heterocycles. The molecule has 6 heteroatoms. The smallest absolute Gasteiger partial charge is 0.317 e. The van der Waals surface area contributed by atoms with Crippen LogP contribution >= 0.6 is 0 Å². The Labute approximate surface area is 184 Å². The van der Waals surface area contributed by atoms with Gasteiger partial charge in [0.1, 0.15) is 11.6 Å². The molecule has 2 aromatic carbocycles. The number of halogens is 2. The van der Waals surface area contributed by atoms with Crippen LogP contribution in [0.5, 0.6) is 0 Å². The van der Waals surface area contributed by atoms with Gasteiger partial charge in [0, 0.05) is 32.7 Å². The van der Waals surface area contributed by atoms with Gasteiger partial charge in [-0.25, -0.2) is 13.6 Å². The van der Waals surface area contributed by atoms with Crippen molar-refractivity contribution in [3.05, 3.63) is 71.3 Å². The summed E-state index contributed by atoms with van der Waals surface area (Å²) >= 11 is 0. The molecule has 0 radical (unpaired) electrons. The third kappa shape index (κ3) is 7.62. The fourth-order valence-electron chi connectivity index (χ4n) is 4.23. The van der Waals surface area contributed by atoms with Crippen LogP contribution in [0.25, 0.3) is 0 Å². The minimum Gasteiger partial charge on any atom is -0.338 e. The Kier molecular flexibility index (Phi) is 8.83. The van der Waals surface area contributed by atoms with Crippen molar-refractivity contribution >= 4 is 6.03 Å². The second-order valence-electron chi connectivity index (χ2n) is 8.33. The van der Waals surface area contributed by atoms with E-state index in [9.17, 15) is 13.6 Å². The number of rotatable bonds is 9. The monoisotopic (exact) mass is 429 g/mol. The summed E-state index contributed by atoms with van der Waals surface area (Å²) in [6.07, 6.45) is 3.87. The minimum absolute atomic E-state index is 0.0285. The molecule has 0 atom stereocenters. The van der Waals surface area contributed by atoms with Gasteiger partial charge >= 0.3 is 6.03 Å². The maximum atomic E-state index is 13.3. The third-order valence-corrected chi connectivity index (χ3v) is 5.95. The zero-order valence-electron chi connectivity index (χ0n) is 18.3. The molecule has 31 heavy (non-hydrogen) atoms. The topological polar surface area (TPSA) is 35.6 Å². The number of nitrogens with zero attached hydrogens (tertiary/aromatic N) is 2. The summed E-state index contributed by atoms with van der Waals surface area (Å²) < 4.78 is 26.5. The average molecular weight is 430 g/mol. The van der Waals surface area contributed by atoms with Crippen LogP contribution in [-0.4, -0.2) is 55.1 Å². The van der Waals surface area contributed by atoms with Crippen molar-refractivity contribution in [2.75, 3.05) is 39.3 Å². The van der Waals surface area contributed by atoms with Crippen molar-refractivity contribution in [3.8, 4) is 0 Å². The molecule has 0 unspecified atom stereocenters. The van der Waals surface area contributed by atoms with E-state index in [0.29, 0.717) is 12.5 Å². The van der Waals surface area contributed by atoms with E-state index in [1.165, 1.54) is 24.3 Å². The van der Waals surface area contributed by atoms with E-state index >= 15 is 0 Å². The highest BCUT2D eigenvalue weighted by Crippen LogP contribution is 2.21. The summed E-state index contributed by atoms with van der Waals surface area (Å²) in [4.78, 5) is 16.2. The van der Waals surface area contributed by atoms with E-state index in [2.05, 4.69) is 10.2 Å². The quantitative estimate of drug-likeness (QED) is 0.637. The molecule has 168 valence electrons. The first-order valence-corrected chi connectivity index (χ1v) is 11.3. The van der Waals surface area contributed by atoms with Gasteiger partial charge in [-0.3, -0.25) is 4.90 Å². The van der Waals surface area contributed by atoms with Gasteiger partial charge in [-0.05, 0) is 80.5 Å². The van der Waals surface area contributed by atoms with Crippen LogP contribution in [0, 0.1) is 17.6 Å². The Bertz CT molecular complexity index is 755. The highest BCUT2D eigenvalue weighted by Gasteiger charge is 2.20. The highest BCUT2D eigenvalue weighted by molar-refractivity contribution is 5.74. The molecule has 1 fully saturated rings. The summed E-state index contributed by atoms with van der Waals surface area (Å²) in [7, 11) is 0. The second-order valence-corrected chi connectivity index (χ2v) is 8.33. The van der Waals surface area contributed by atoms with Crippen molar-refractivity contribution in [1.82, 2.24) is 15.1 Å². The van der Waals surface area contributed by atoms with Crippen LogP contribution in [0.3, 0.4) is 0 Å². The van der Waals surface area contributed by atoms with E-state index in [1.807, 2.05) is 36.1 Å². The number of hydrogen-bond acceptors (Lipinski definition) is 2. The van der Waals surface area contributed by atoms with Crippen LogP contribution < -0.4 is 5.32 Å². The average Bonchev–Trinajstić information content (AvgIpc) is 2.77. The molecule has 1 N–H and O–H groups in total. The van der Waals surface area contributed by atoms with Crippen molar-refractivity contribution in [2.45, 2.75) is 32.6 Å². The van der Waals surface area contributed by atoms with Crippen molar-refractivity contribution in [2.24, 2.45) is 5.92 Å². The zero-order chi connectivity index (χ0) is 22.1. The normalized spacial score (nSPS) is 14.8.